The van der Waals surface area contributed by atoms with E-state index in [2.05, 4.69) is 12.2 Å². The number of nitrogens with one attached hydrogen (secondary N) is 1. The lowest BCUT2D eigenvalue weighted by atomic mass is 10.1. The second-order valence-corrected chi connectivity index (χ2v) is 5.70. The van der Waals surface area contributed by atoms with Gasteiger partial charge in [0.15, 0.2) is 0 Å². The highest BCUT2D eigenvalue weighted by molar-refractivity contribution is 6.06. The van der Waals surface area contributed by atoms with E-state index in [1.165, 1.54) is 0 Å². The molecular formula is C21H27NO4. The summed E-state index contributed by atoms with van der Waals surface area (Å²) in [5.74, 6) is 1.76. The van der Waals surface area contributed by atoms with Crippen LogP contribution in [0.3, 0.4) is 0 Å². The van der Waals surface area contributed by atoms with Crippen LogP contribution in [0.4, 0.5) is 5.69 Å². The van der Waals surface area contributed by atoms with Crippen LogP contribution in [0.25, 0.3) is 0 Å². The number of ether oxygens (including phenoxy) is 3. The van der Waals surface area contributed by atoms with Crippen LogP contribution in [0.1, 0.15) is 44.0 Å². The average Bonchev–Trinajstić information content (AvgIpc) is 2.64. The molecule has 5 nitrogen and oxygen atoms in total. The first-order valence-electron chi connectivity index (χ1n) is 9.11. The lowest BCUT2D eigenvalue weighted by molar-refractivity contribution is 0.102. The van der Waals surface area contributed by atoms with Crippen molar-refractivity contribution in [2.75, 3.05) is 25.1 Å². The van der Waals surface area contributed by atoms with Gasteiger partial charge >= 0.3 is 0 Å². The van der Waals surface area contributed by atoms with Gasteiger partial charge in [-0.25, -0.2) is 0 Å². The minimum Gasteiger partial charge on any atom is -0.494 e. The molecule has 1 amide bonds. The Labute approximate surface area is 155 Å². The maximum Gasteiger partial charge on any atom is 0.259 e. The van der Waals surface area contributed by atoms with Gasteiger partial charge in [-0.2, -0.15) is 0 Å². The third kappa shape index (κ3) is 5.69. The normalized spacial score (nSPS) is 10.3. The second kappa shape index (κ2) is 10.3. The third-order valence-corrected chi connectivity index (χ3v) is 3.69. The predicted molar refractivity (Wildman–Crippen MR) is 104 cm³/mol. The van der Waals surface area contributed by atoms with Crippen molar-refractivity contribution in [3.8, 4) is 17.2 Å². The van der Waals surface area contributed by atoms with Crippen LogP contribution in [-0.2, 0) is 0 Å². The Hall–Kier alpha value is -2.69. The average molecular weight is 357 g/mol. The van der Waals surface area contributed by atoms with E-state index in [-0.39, 0.29) is 5.91 Å². The van der Waals surface area contributed by atoms with Crippen molar-refractivity contribution in [2.45, 2.75) is 33.6 Å². The van der Waals surface area contributed by atoms with Crippen molar-refractivity contribution in [3.05, 3.63) is 48.0 Å². The largest absolute Gasteiger partial charge is 0.494 e. The molecule has 2 aromatic rings. The van der Waals surface area contributed by atoms with Crippen molar-refractivity contribution in [1.82, 2.24) is 0 Å². The molecule has 5 heteroatoms. The van der Waals surface area contributed by atoms with E-state index in [0.717, 1.165) is 18.6 Å². The van der Waals surface area contributed by atoms with Gasteiger partial charge in [0.25, 0.3) is 5.91 Å². The summed E-state index contributed by atoms with van der Waals surface area (Å²) in [5.41, 5.74) is 1.17. The van der Waals surface area contributed by atoms with Crippen molar-refractivity contribution >= 4 is 11.6 Å². The molecule has 26 heavy (non-hydrogen) atoms. The van der Waals surface area contributed by atoms with Gasteiger partial charge in [-0.1, -0.05) is 13.3 Å². The number of carbonyl (C=O) groups excluding carboxylic acids is 1. The molecule has 0 saturated carbocycles. The van der Waals surface area contributed by atoms with Crippen LogP contribution in [0, 0.1) is 0 Å². The molecule has 0 spiro atoms. The second-order valence-electron chi connectivity index (χ2n) is 5.70. The smallest absolute Gasteiger partial charge is 0.259 e. The first-order chi connectivity index (χ1) is 12.7. The maximum absolute atomic E-state index is 12.6. The van der Waals surface area contributed by atoms with Gasteiger partial charge < -0.3 is 19.5 Å². The number of unbranched alkanes of at least 4 members (excludes halogenated alkanes) is 1. The highest BCUT2D eigenvalue weighted by Crippen LogP contribution is 2.26. The molecule has 0 heterocycles. The molecule has 140 valence electrons. The van der Waals surface area contributed by atoms with Crippen LogP contribution in [-0.4, -0.2) is 25.7 Å². The molecule has 2 aromatic carbocycles. The summed E-state index contributed by atoms with van der Waals surface area (Å²) >= 11 is 0. The van der Waals surface area contributed by atoms with Crippen molar-refractivity contribution in [2.24, 2.45) is 0 Å². The monoisotopic (exact) mass is 357 g/mol. The molecule has 0 aliphatic heterocycles. The van der Waals surface area contributed by atoms with Crippen LogP contribution in [0.5, 0.6) is 17.2 Å². The van der Waals surface area contributed by atoms with Crippen molar-refractivity contribution < 1.29 is 19.0 Å². The molecule has 0 unspecified atom stereocenters. The van der Waals surface area contributed by atoms with Gasteiger partial charge in [0.05, 0.1) is 25.4 Å². The molecule has 0 aliphatic rings. The standard InChI is InChI=1S/C21H27NO4/c1-4-7-14-26-17-10-8-16(9-11-17)22-21(23)19-13-12-18(24-5-2)15-20(19)25-6-3/h8-13,15H,4-7,14H2,1-3H3,(H,22,23). The van der Waals surface area contributed by atoms with Gasteiger partial charge in [-0.3, -0.25) is 4.79 Å². The van der Waals surface area contributed by atoms with E-state index in [1.54, 1.807) is 18.2 Å². The summed E-state index contributed by atoms with van der Waals surface area (Å²) in [6, 6.07) is 12.6. The number of benzene rings is 2. The Bertz CT molecular complexity index is 698. The number of carbonyl (C=O) groups is 1. The van der Waals surface area contributed by atoms with E-state index < -0.39 is 0 Å². The Kier molecular flexibility index (Phi) is 7.80. The van der Waals surface area contributed by atoms with E-state index in [0.29, 0.717) is 42.6 Å². The van der Waals surface area contributed by atoms with Gasteiger partial charge in [0.1, 0.15) is 17.2 Å². The third-order valence-electron chi connectivity index (χ3n) is 3.69. The van der Waals surface area contributed by atoms with E-state index in [4.69, 9.17) is 14.2 Å². The van der Waals surface area contributed by atoms with Crippen molar-refractivity contribution in [1.29, 1.82) is 0 Å². The molecule has 1 N–H and O–H groups in total. The Morgan fingerprint density at radius 1 is 0.885 bits per heavy atom. The van der Waals surface area contributed by atoms with Gasteiger partial charge in [-0.15, -0.1) is 0 Å². The first-order valence-corrected chi connectivity index (χ1v) is 9.11. The Morgan fingerprint density at radius 2 is 1.58 bits per heavy atom. The van der Waals surface area contributed by atoms with E-state index in [9.17, 15) is 4.79 Å². The summed E-state index contributed by atoms with van der Waals surface area (Å²) in [6.07, 6.45) is 2.12. The quantitative estimate of drug-likeness (QED) is 0.614. The fourth-order valence-electron chi connectivity index (χ4n) is 2.39. The maximum atomic E-state index is 12.6. The number of anilines is 1. The molecule has 0 fully saturated rings. The fraction of sp³-hybridized carbons (Fsp3) is 0.381. The summed E-state index contributed by atoms with van der Waals surface area (Å²) in [7, 11) is 0. The number of amides is 1. The van der Waals surface area contributed by atoms with Crippen LogP contribution < -0.4 is 19.5 Å². The zero-order valence-electron chi connectivity index (χ0n) is 15.7. The van der Waals surface area contributed by atoms with Crippen LogP contribution >= 0.6 is 0 Å². The molecule has 0 radical (unpaired) electrons. The van der Waals surface area contributed by atoms with E-state index in [1.807, 2.05) is 38.1 Å². The van der Waals surface area contributed by atoms with Gasteiger partial charge in [-0.05, 0) is 56.7 Å². The summed E-state index contributed by atoms with van der Waals surface area (Å²) in [5, 5.41) is 2.89. The van der Waals surface area contributed by atoms with Crippen LogP contribution in [0.15, 0.2) is 42.5 Å². The molecule has 0 atom stereocenters. The Balaban J connectivity index is 2.06. The predicted octanol–water partition coefficient (Wildman–Crippen LogP) is 4.92. The molecular weight excluding hydrogens is 330 g/mol. The SMILES string of the molecule is CCCCOc1ccc(NC(=O)c2ccc(OCC)cc2OCC)cc1. The minimum absolute atomic E-state index is 0.226. The van der Waals surface area contributed by atoms with E-state index >= 15 is 0 Å². The highest BCUT2D eigenvalue weighted by atomic mass is 16.5. The highest BCUT2D eigenvalue weighted by Gasteiger charge is 2.14. The topological polar surface area (TPSA) is 56.8 Å². The molecule has 2 rings (SSSR count). The van der Waals surface area contributed by atoms with Gasteiger partial charge in [0.2, 0.25) is 0 Å². The van der Waals surface area contributed by atoms with Crippen molar-refractivity contribution in [3.63, 3.8) is 0 Å². The molecule has 0 aromatic heterocycles. The summed E-state index contributed by atoms with van der Waals surface area (Å²) in [6.45, 7) is 7.65. The number of hydrogen-bond donors (Lipinski definition) is 1. The zero-order chi connectivity index (χ0) is 18.8. The molecule has 0 bridgehead atoms. The number of rotatable bonds is 10. The molecule has 0 aliphatic carbocycles. The molecule has 0 saturated heterocycles. The van der Waals surface area contributed by atoms with Crippen LogP contribution in [0.2, 0.25) is 0 Å². The number of hydrogen-bond acceptors (Lipinski definition) is 4. The first kappa shape index (κ1) is 19.6. The lowest BCUT2D eigenvalue weighted by Gasteiger charge is -2.13. The zero-order valence-corrected chi connectivity index (χ0v) is 15.7. The Morgan fingerprint density at radius 3 is 2.23 bits per heavy atom. The summed E-state index contributed by atoms with van der Waals surface area (Å²) in [4.78, 5) is 12.6. The van der Waals surface area contributed by atoms with Gasteiger partial charge in [0, 0.05) is 11.8 Å². The fourth-order valence-corrected chi connectivity index (χ4v) is 2.39. The lowest BCUT2D eigenvalue weighted by Crippen LogP contribution is -2.14. The minimum atomic E-state index is -0.226. The summed E-state index contributed by atoms with van der Waals surface area (Å²) < 4.78 is 16.7.